The minimum atomic E-state index is -0.405. The molecule has 2 aromatic rings. The molecule has 0 spiro atoms. The van der Waals surface area contributed by atoms with Crippen LogP contribution in [0.1, 0.15) is 25.1 Å². The molecule has 0 saturated carbocycles. The average molecular weight is 400 g/mol. The molecular weight excluding hydrogens is 376 g/mol. The van der Waals surface area contributed by atoms with Crippen molar-refractivity contribution in [1.82, 2.24) is 14.7 Å². The van der Waals surface area contributed by atoms with Gasteiger partial charge in [-0.05, 0) is 38.1 Å². The van der Waals surface area contributed by atoms with E-state index in [4.69, 9.17) is 9.47 Å². The summed E-state index contributed by atoms with van der Waals surface area (Å²) in [7, 11) is 0. The summed E-state index contributed by atoms with van der Waals surface area (Å²) in [5.41, 5.74) is 1.60. The molecule has 0 atom stereocenters. The van der Waals surface area contributed by atoms with Crippen molar-refractivity contribution < 1.29 is 19.1 Å². The number of hydrogen-bond acceptors (Lipinski definition) is 6. The predicted octanol–water partition coefficient (Wildman–Crippen LogP) is 1.80. The van der Waals surface area contributed by atoms with Crippen molar-refractivity contribution >= 4 is 17.7 Å². The lowest BCUT2D eigenvalue weighted by Gasteiger charge is -2.27. The molecule has 2 amide bonds. The molecule has 0 unspecified atom stereocenters. The zero-order valence-corrected chi connectivity index (χ0v) is 16.5. The Balaban J connectivity index is 1.65. The Hall–Kier alpha value is -3.36. The van der Waals surface area contributed by atoms with E-state index < -0.39 is 11.7 Å². The van der Waals surface area contributed by atoms with Crippen LogP contribution in [0.2, 0.25) is 0 Å². The SMILES string of the molecule is CCOC(=O)N1CCc2nn(CC(=O)Nc3ccc(OCC)cc3)c(=O)cc2C1. The first-order chi connectivity index (χ1) is 14.0. The Morgan fingerprint density at radius 1 is 1.17 bits per heavy atom. The molecule has 0 saturated heterocycles. The largest absolute Gasteiger partial charge is 0.494 e. The van der Waals surface area contributed by atoms with E-state index in [0.717, 1.165) is 10.4 Å². The third-order valence-corrected chi connectivity index (χ3v) is 4.41. The monoisotopic (exact) mass is 400 g/mol. The molecule has 0 bridgehead atoms. The lowest BCUT2D eigenvalue weighted by Crippen LogP contribution is -2.39. The number of nitrogens with zero attached hydrogens (tertiary/aromatic N) is 3. The zero-order valence-electron chi connectivity index (χ0n) is 16.5. The summed E-state index contributed by atoms with van der Waals surface area (Å²) in [5.74, 6) is 0.364. The van der Waals surface area contributed by atoms with Crippen LogP contribution in [0.15, 0.2) is 35.1 Å². The summed E-state index contributed by atoms with van der Waals surface area (Å²) in [6.45, 7) is 5.04. The summed E-state index contributed by atoms with van der Waals surface area (Å²) < 4.78 is 11.5. The number of aromatic nitrogens is 2. The van der Waals surface area contributed by atoms with Crippen LogP contribution in [0.4, 0.5) is 10.5 Å². The van der Waals surface area contributed by atoms with Gasteiger partial charge in [-0.1, -0.05) is 0 Å². The first-order valence-electron chi connectivity index (χ1n) is 9.54. The number of ether oxygens (including phenoxy) is 2. The van der Waals surface area contributed by atoms with Gasteiger partial charge in [0.15, 0.2) is 0 Å². The van der Waals surface area contributed by atoms with E-state index in [9.17, 15) is 14.4 Å². The minimum Gasteiger partial charge on any atom is -0.494 e. The Morgan fingerprint density at radius 3 is 2.62 bits per heavy atom. The van der Waals surface area contributed by atoms with E-state index in [1.165, 1.54) is 11.0 Å². The summed E-state index contributed by atoms with van der Waals surface area (Å²) >= 11 is 0. The van der Waals surface area contributed by atoms with E-state index >= 15 is 0 Å². The van der Waals surface area contributed by atoms with Crippen molar-refractivity contribution in [3.63, 3.8) is 0 Å². The normalized spacial score (nSPS) is 12.8. The number of anilines is 1. The van der Waals surface area contributed by atoms with E-state index in [2.05, 4.69) is 10.4 Å². The van der Waals surface area contributed by atoms with Crippen LogP contribution in [0.3, 0.4) is 0 Å². The first-order valence-corrected chi connectivity index (χ1v) is 9.54. The highest BCUT2D eigenvalue weighted by molar-refractivity contribution is 5.90. The number of benzene rings is 1. The van der Waals surface area contributed by atoms with Gasteiger partial charge in [-0.3, -0.25) is 9.59 Å². The highest BCUT2D eigenvalue weighted by Gasteiger charge is 2.24. The molecule has 0 aliphatic carbocycles. The van der Waals surface area contributed by atoms with E-state index in [1.807, 2.05) is 6.92 Å². The number of carbonyl (C=O) groups excluding carboxylic acids is 2. The number of rotatable bonds is 6. The van der Waals surface area contributed by atoms with Crippen LogP contribution in [0, 0.1) is 0 Å². The molecule has 1 aliphatic heterocycles. The molecule has 1 N–H and O–H groups in total. The Bertz CT molecular complexity index is 939. The van der Waals surface area contributed by atoms with Crippen molar-refractivity contribution in [3.8, 4) is 5.75 Å². The number of nitrogens with one attached hydrogen (secondary N) is 1. The summed E-state index contributed by atoms with van der Waals surface area (Å²) in [4.78, 5) is 38.1. The van der Waals surface area contributed by atoms with Crippen LogP contribution >= 0.6 is 0 Å². The quantitative estimate of drug-likeness (QED) is 0.793. The fourth-order valence-electron chi connectivity index (χ4n) is 3.06. The van der Waals surface area contributed by atoms with Crippen molar-refractivity contribution in [2.24, 2.45) is 0 Å². The maximum atomic E-state index is 12.4. The van der Waals surface area contributed by atoms with Crippen LogP contribution in [-0.2, 0) is 29.0 Å². The minimum absolute atomic E-state index is 0.194. The molecule has 1 aromatic carbocycles. The second kappa shape index (κ2) is 9.22. The smallest absolute Gasteiger partial charge is 0.410 e. The molecule has 1 aromatic heterocycles. The fraction of sp³-hybridized carbons (Fsp3) is 0.400. The standard InChI is InChI=1S/C20H24N4O5/c1-3-28-16-7-5-15(6-8-16)21-18(25)13-24-19(26)11-14-12-23(20(27)29-4-2)10-9-17(14)22-24/h5-8,11H,3-4,9-10,12-13H2,1-2H3,(H,21,25). The first kappa shape index (κ1) is 20.4. The summed E-state index contributed by atoms with van der Waals surface area (Å²) in [6.07, 6.45) is 0.0895. The molecule has 3 rings (SSSR count). The third-order valence-electron chi connectivity index (χ3n) is 4.41. The predicted molar refractivity (Wildman–Crippen MR) is 106 cm³/mol. The van der Waals surface area contributed by atoms with Crippen molar-refractivity contribution in [2.45, 2.75) is 33.4 Å². The van der Waals surface area contributed by atoms with E-state index in [0.29, 0.717) is 43.1 Å². The van der Waals surface area contributed by atoms with Gasteiger partial charge in [-0.25, -0.2) is 9.48 Å². The fourth-order valence-corrected chi connectivity index (χ4v) is 3.06. The molecule has 2 heterocycles. The molecule has 0 radical (unpaired) electrons. The van der Waals surface area contributed by atoms with E-state index in [-0.39, 0.29) is 19.0 Å². The van der Waals surface area contributed by atoms with Crippen LogP contribution in [0.5, 0.6) is 5.75 Å². The topological polar surface area (TPSA) is 103 Å². The Labute approximate surface area is 168 Å². The molecule has 9 nitrogen and oxygen atoms in total. The molecule has 0 fully saturated rings. The lowest BCUT2D eigenvalue weighted by atomic mass is 10.1. The summed E-state index contributed by atoms with van der Waals surface area (Å²) in [5, 5.41) is 7.06. The second-order valence-electron chi connectivity index (χ2n) is 6.49. The second-order valence-corrected chi connectivity index (χ2v) is 6.49. The molecule has 29 heavy (non-hydrogen) atoms. The van der Waals surface area contributed by atoms with Crippen molar-refractivity contribution in [1.29, 1.82) is 0 Å². The van der Waals surface area contributed by atoms with E-state index in [1.54, 1.807) is 31.2 Å². The number of carbonyl (C=O) groups is 2. The highest BCUT2D eigenvalue weighted by atomic mass is 16.6. The summed E-state index contributed by atoms with van der Waals surface area (Å²) in [6, 6.07) is 8.42. The lowest BCUT2D eigenvalue weighted by molar-refractivity contribution is -0.117. The van der Waals surface area contributed by atoms with Gasteiger partial charge in [0.25, 0.3) is 5.56 Å². The third kappa shape index (κ3) is 5.13. The van der Waals surface area contributed by atoms with Gasteiger partial charge in [-0.15, -0.1) is 0 Å². The van der Waals surface area contributed by atoms with Gasteiger partial charge in [0.1, 0.15) is 12.3 Å². The number of fused-ring (bicyclic) bond motifs is 1. The zero-order chi connectivity index (χ0) is 20.8. The molecule has 1 aliphatic rings. The number of amides is 2. The molecule has 154 valence electrons. The number of hydrogen-bond donors (Lipinski definition) is 1. The van der Waals surface area contributed by atoms with Gasteiger partial charge in [-0.2, -0.15) is 5.10 Å². The Morgan fingerprint density at radius 2 is 1.93 bits per heavy atom. The molecule has 9 heteroatoms. The van der Waals surface area contributed by atoms with Gasteiger partial charge >= 0.3 is 6.09 Å². The van der Waals surface area contributed by atoms with Gasteiger partial charge in [0.05, 0.1) is 25.5 Å². The van der Waals surface area contributed by atoms with Crippen molar-refractivity contribution in [3.05, 3.63) is 51.9 Å². The van der Waals surface area contributed by atoms with Crippen LogP contribution in [0.25, 0.3) is 0 Å². The van der Waals surface area contributed by atoms with Gasteiger partial charge < -0.3 is 19.7 Å². The van der Waals surface area contributed by atoms with Gasteiger partial charge in [0.2, 0.25) is 5.91 Å². The van der Waals surface area contributed by atoms with Crippen molar-refractivity contribution in [2.75, 3.05) is 25.1 Å². The highest BCUT2D eigenvalue weighted by Crippen LogP contribution is 2.17. The van der Waals surface area contributed by atoms with Gasteiger partial charge in [0, 0.05) is 30.3 Å². The maximum absolute atomic E-state index is 12.4. The molecular formula is C20H24N4O5. The average Bonchev–Trinajstić information content (AvgIpc) is 2.70. The Kier molecular flexibility index (Phi) is 6.48. The van der Waals surface area contributed by atoms with Crippen LogP contribution < -0.4 is 15.6 Å². The maximum Gasteiger partial charge on any atom is 0.410 e. The van der Waals surface area contributed by atoms with Crippen LogP contribution in [-0.4, -0.2) is 46.4 Å².